The fourth-order valence-corrected chi connectivity index (χ4v) is 1.95. The van der Waals surface area contributed by atoms with Crippen LogP contribution in [0.5, 0.6) is 11.5 Å². The van der Waals surface area contributed by atoms with Crippen LogP contribution in [0.2, 0.25) is 0 Å². The molecule has 0 N–H and O–H groups in total. The van der Waals surface area contributed by atoms with Gasteiger partial charge in [-0.25, -0.2) is 9.59 Å². The molecule has 0 heterocycles. The number of aliphatic imine (C=N–C) groups is 2. The Morgan fingerprint density at radius 1 is 0.826 bits per heavy atom. The average Bonchev–Trinajstić information content (AvgIpc) is 2.53. The monoisotopic (exact) mass is 310 g/mol. The number of hydrogen-bond acceptors (Lipinski definition) is 6. The standard InChI is InChI=1S/C17H14N2O4/c1-12-7-14(3-5-16(12)18-9-20)22-11-23-15-4-6-17(19-10-21)13(2)8-15/h3-8H,11H2,1-2H3. The summed E-state index contributed by atoms with van der Waals surface area (Å²) in [6.45, 7) is 3.66. The van der Waals surface area contributed by atoms with Crippen molar-refractivity contribution in [3.05, 3.63) is 47.5 Å². The second-order valence-electron chi connectivity index (χ2n) is 4.71. The van der Waals surface area contributed by atoms with Crippen molar-refractivity contribution >= 4 is 23.5 Å². The number of ether oxygens (including phenoxy) is 2. The maximum absolute atomic E-state index is 10.3. The Kier molecular flexibility index (Phi) is 5.42. The minimum atomic E-state index is 0.0193. The van der Waals surface area contributed by atoms with Gasteiger partial charge in [-0.2, -0.15) is 9.98 Å². The van der Waals surface area contributed by atoms with E-state index in [4.69, 9.17) is 9.47 Å². The number of hydrogen-bond donors (Lipinski definition) is 0. The highest BCUT2D eigenvalue weighted by Gasteiger charge is 2.02. The number of nitrogens with zero attached hydrogens (tertiary/aromatic N) is 2. The van der Waals surface area contributed by atoms with E-state index >= 15 is 0 Å². The highest BCUT2D eigenvalue weighted by Crippen LogP contribution is 2.25. The summed E-state index contributed by atoms with van der Waals surface area (Å²) in [6.07, 6.45) is 3.01. The number of benzene rings is 2. The summed E-state index contributed by atoms with van der Waals surface area (Å²) in [5.41, 5.74) is 2.71. The van der Waals surface area contributed by atoms with Gasteiger partial charge in [-0.1, -0.05) is 0 Å². The van der Waals surface area contributed by atoms with E-state index in [1.807, 2.05) is 13.8 Å². The molecule has 0 unspecified atom stereocenters. The SMILES string of the molecule is Cc1cc(OCOc2ccc(N=C=O)c(C)c2)ccc1N=C=O. The van der Waals surface area contributed by atoms with Crippen LogP contribution in [0.25, 0.3) is 0 Å². The lowest BCUT2D eigenvalue weighted by Crippen LogP contribution is -2.05. The first-order valence-electron chi connectivity index (χ1n) is 6.76. The Labute approximate surface area is 133 Å². The van der Waals surface area contributed by atoms with Gasteiger partial charge < -0.3 is 9.47 Å². The van der Waals surface area contributed by atoms with Gasteiger partial charge in [0, 0.05) is 0 Å². The molecule has 0 radical (unpaired) electrons. The molecule has 23 heavy (non-hydrogen) atoms. The van der Waals surface area contributed by atoms with Crippen molar-refractivity contribution in [2.45, 2.75) is 13.8 Å². The third kappa shape index (κ3) is 4.38. The van der Waals surface area contributed by atoms with E-state index in [2.05, 4.69) is 9.98 Å². The second-order valence-corrected chi connectivity index (χ2v) is 4.71. The van der Waals surface area contributed by atoms with E-state index in [0.717, 1.165) is 11.1 Å². The summed E-state index contributed by atoms with van der Waals surface area (Å²) in [4.78, 5) is 27.7. The molecule has 2 aromatic carbocycles. The van der Waals surface area contributed by atoms with Crippen molar-refractivity contribution in [1.82, 2.24) is 0 Å². The summed E-state index contributed by atoms with van der Waals surface area (Å²) in [5.74, 6) is 1.21. The maximum Gasteiger partial charge on any atom is 0.240 e. The number of rotatable bonds is 6. The van der Waals surface area contributed by atoms with Gasteiger partial charge in [0.15, 0.2) is 0 Å². The minimum Gasteiger partial charge on any atom is -0.457 e. The van der Waals surface area contributed by atoms with Gasteiger partial charge in [-0.05, 0) is 61.4 Å². The molecule has 0 bridgehead atoms. The largest absolute Gasteiger partial charge is 0.457 e. The third-order valence-corrected chi connectivity index (χ3v) is 3.12. The zero-order valence-corrected chi connectivity index (χ0v) is 12.7. The first-order valence-corrected chi connectivity index (χ1v) is 6.76. The van der Waals surface area contributed by atoms with Crippen molar-refractivity contribution in [2.24, 2.45) is 9.98 Å². The fourth-order valence-electron chi connectivity index (χ4n) is 1.95. The highest BCUT2D eigenvalue weighted by molar-refractivity contribution is 5.56. The predicted molar refractivity (Wildman–Crippen MR) is 84.0 cm³/mol. The number of isocyanates is 2. The summed E-state index contributed by atoms with van der Waals surface area (Å²) < 4.78 is 11.0. The zero-order chi connectivity index (χ0) is 16.7. The van der Waals surface area contributed by atoms with Crippen LogP contribution in [0.1, 0.15) is 11.1 Å². The fraction of sp³-hybridized carbons (Fsp3) is 0.176. The molecule has 0 aliphatic heterocycles. The Balaban J connectivity index is 1.97. The van der Waals surface area contributed by atoms with Gasteiger partial charge in [0.1, 0.15) is 11.5 Å². The van der Waals surface area contributed by atoms with Crippen LogP contribution in [-0.2, 0) is 9.59 Å². The molecular weight excluding hydrogens is 296 g/mol. The van der Waals surface area contributed by atoms with Crippen molar-refractivity contribution in [2.75, 3.05) is 6.79 Å². The van der Waals surface area contributed by atoms with Crippen molar-refractivity contribution in [3.8, 4) is 11.5 Å². The Morgan fingerprint density at radius 2 is 1.26 bits per heavy atom. The summed E-state index contributed by atoms with van der Waals surface area (Å²) in [7, 11) is 0. The van der Waals surface area contributed by atoms with E-state index in [-0.39, 0.29) is 6.79 Å². The predicted octanol–water partition coefficient (Wildman–Crippen LogP) is 3.65. The second kappa shape index (κ2) is 7.71. The van der Waals surface area contributed by atoms with E-state index in [9.17, 15) is 9.59 Å². The lowest BCUT2D eigenvalue weighted by atomic mass is 10.2. The zero-order valence-electron chi connectivity index (χ0n) is 12.7. The van der Waals surface area contributed by atoms with Crippen molar-refractivity contribution in [1.29, 1.82) is 0 Å². The van der Waals surface area contributed by atoms with Gasteiger partial charge >= 0.3 is 0 Å². The molecule has 0 saturated heterocycles. The maximum atomic E-state index is 10.3. The molecule has 6 heteroatoms. The third-order valence-electron chi connectivity index (χ3n) is 3.12. The van der Waals surface area contributed by atoms with Crippen LogP contribution in [0.3, 0.4) is 0 Å². The van der Waals surface area contributed by atoms with Crippen LogP contribution >= 0.6 is 0 Å². The van der Waals surface area contributed by atoms with Gasteiger partial charge in [0.05, 0.1) is 11.4 Å². The number of aryl methyl sites for hydroxylation is 2. The summed E-state index contributed by atoms with van der Waals surface area (Å²) in [6, 6.07) is 10.2. The van der Waals surface area contributed by atoms with E-state index < -0.39 is 0 Å². The molecule has 0 saturated carbocycles. The van der Waals surface area contributed by atoms with Crippen LogP contribution in [0.4, 0.5) is 11.4 Å². The van der Waals surface area contributed by atoms with Crippen molar-refractivity contribution < 1.29 is 19.1 Å². The molecule has 0 aliphatic carbocycles. The molecule has 2 rings (SSSR count). The molecule has 0 amide bonds. The minimum absolute atomic E-state index is 0.0193. The average molecular weight is 310 g/mol. The molecule has 2 aromatic rings. The number of carbonyl (C=O) groups excluding carboxylic acids is 2. The Bertz CT molecular complexity index is 737. The van der Waals surface area contributed by atoms with Crippen LogP contribution in [0.15, 0.2) is 46.4 Å². The molecular formula is C17H14N2O4. The van der Waals surface area contributed by atoms with Gasteiger partial charge in [0.25, 0.3) is 0 Å². The molecule has 0 aromatic heterocycles. The van der Waals surface area contributed by atoms with E-state index in [0.29, 0.717) is 22.9 Å². The van der Waals surface area contributed by atoms with E-state index in [1.165, 1.54) is 12.2 Å². The van der Waals surface area contributed by atoms with Crippen LogP contribution in [0, 0.1) is 13.8 Å². The van der Waals surface area contributed by atoms with Gasteiger partial charge in [0.2, 0.25) is 19.0 Å². The molecule has 0 spiro atoms. The molecule has 0 fully saturated rings. The van der Waals surface area contributed by atoms with E-state index in [1.54, 1.807) is 36.4 Å². The van der Waals surface area contributed by atoms with Gasteiger partial charge in [-0.15, -0.1) is 0 Å². The van der Waals surface area contributed by atoms with Crippen molar-refractivity contribution in [3.63, 3.8) is 0 Å². The Hall–Kier alpha value is -3.20. The molecule has 0 aliphatic rings. The van der Waals surface area contributed by atoms with Crippen LogP contribution in [-0.4, -0.2) is 19.0 Å². The molecule has 6 nitrogen and oxygen atoms in total. The smallest absolute Gasteiger partial charge is 0.240 e. The van der Waals surface area contributed by atoms with Crippen LogP contribution < -0.4 is 9.47 Å². The highest BCUT2D eigenvalue weighted by atomic mass is 16.7. The lowest BCUT2D eigenvalue weighted by Gasteiger charge is -2.10. The quantitative estimate of drug-likeness (QED) is 0.463. The topological polar surface area (TPSA) is 77.3 Å². The normalized spacial score (nSPS) is 9.48. The summed E-state index contributed by atoms with van der Waals surface area (Å²) >= 11 is 0. The summed E-state index contributed by atoms with van der Waals surface area (Å²) in [5, 5.41) is 0. The first kappa shape index (κ1) is 16.2. The molecule has 0 atom stereocenters. The lowest BCUT2D eigenvalue weighted by molar-refractivity contribution is 0.120. The molecule has 116 valence electrons. The Morgan fingerprint density at radius 3 is 1.61 bits per heavy atom. The first-order chi connectivity index (χ1) is 11.1. The van der Waals surface area contributed by atoms with Gasteiger partial charge in [-0.3, -0.25) is 0 Å².